The van der Waals surface area contributed by atoms with Crippen molar-refractivity contribution >= 4 is 34.1 Å². The second-order valence-corrected chi connectivity index (χ2v) is 7.22. The van der Waals surface area contributed by atoms with Crippen LogP contribution in [0.25, 0.3) is 0 Å². The van der Waals surface area contributed by atoms with Crippen molar-refractivity contribution in [3.63, 3.8) is 0 Å². The van der Waals surface area contributed by atoms with E-state index in [4.69, 9.17) is 19.9 Å². The van der Waals surface area contributed by atoms with Gasteiger partial charge in [-0.15, -0.1) is 11.3 Å². The number of fused-ring (bicyclic) bond motifs is 1. The van der Waals surface area contributed by atoms with Crippen molar-refractivity contribution in [3.05, 3.63) is 39.8 Å². The summed E-state index contributed by atoms with van der Waals surface area (Å²) in [5.74, 6) is -1.04. The molecule has 1 aromatic heterocycles. The molecule has 0 atom stereocenters. The molecule has 0 spiro atoms. The van der Waals surface area contributed by atoms with Crippen molar-refractivity contribution in [1.82, 2.24) is 0 Å². The summed E-state index contributed by atoms with van der Waals surface area (Å²) in [5, 5.41) is 3.03. The second kappa shape index (κ2) is 8.30. The molecule has 2 aromatic rings. The van der Waals surface area contributed by atoms with Crippen LogP contribution in [0.3, 0.4) is 0 Å². The Balaban J connectivity index is 1.65. The molecule has 8 nitrogen and oxygen atoms in total. The fourth-order valence-electron chi connectivity index (χ4n) is 3.09. The van der Waals surface area contributed by atoms with Crippen molar-refractivity contribution in [2.24, 2.45) is 5.73 Å². The summed E-state index contributed by atoms with van der Waals surface area (Å²) in [7, 11) is 2.91. The number of benzene rings is 1. The number of rotatable bonds is 7. The number of hydrogen-bond donors (Lipinski definition) is 2. The summed E-state index contributed by atoms with van der Waals surface area (Å²) >= 11 is 1.34. The molecule has 0 saturated carbocycles. The highest BCUT2D eigenvalue weighted by molar-refractivity contribution is 7.17. The van der Waals surface area contributed by atoms with Crippen LogP contribution in [0.15, 0.2) is 18.2 Å². The van der Waals surface area contributed by atoms with Gasteiger partial charge in [0.05, 0.1) is 19.8 Å². The third-order valence-corrected chi connectivity index (χ3v) is 5.59. The molecule has 0 fully saturated rings. The van der Waals surface area contributed by atoms with E-state index in [0.29, 0.717) is 16.3 Å². The molecule has 2 amide bonds. The molecule has 1 aliphatic rings. The largest absolute Gasteiger partial charge is 0.497 e. The first-order valence-electron chi connectivity index (χ1n) is 8.58. The highest BCUT2D eigenvalue weighted by Crippen LogP contribution is 2.38. The number of hydrogen-bond acceptors (Lipinski definition) is 7. The zero-order chi connectivity index (χ0) is 20.3. The van der Waals surface area contributed by atoms with Crippen LogP contribution in [0.2, 0.25) is 0 Å². The Bertz CT molecular complexity index is 937. The van der Waals surface area contributed by atoms with Crippen LogP contribution in [0.1, 0.15) is 37.6 Å². The molecule has 0 unspecified atom stereocenters. The summed E-state index contributed by atoms with van der Waals surface area (Å²) in [5.41, 5.74) is 6.90. The molecule has 1 heterocycles. The average molecular weight is 404 g/mol. The van der Waals surface area contributed by atoms with Crippen LogP contribution in [0, 0.1) is 0 Å². The third kappa shape index (κ3) is 3.94. The lowest BCUT2D eigenvalue weighted by Gasteiger charge is -2.10. The van der Waals surface area contributed by atoms with E-state index < -0.39 is 24.4 Å². The van der Waals surface area contributed by atoms with Gasteiger partial charge in [-0.2, -0.15) is 0 Å². The first-order valence-corrected chi connectivity index (χ1v) is 9.39. The maximum Gasteiger partial charge on any atom is 0.342 e. The number of ether oxygens (including phenoxy) is 3. The van der Waals surface area contributed by atoms with Gasteiger partial charge in [0.1, 0.15) is 22.1 Å². The van der Waals surface area contributed by atoms with Gasteiger partial charge in [-0.1, -0.05) is 0 Å². The van der Waals surface area contributed by atoms with Crippen molar-refractivity contribution in [3.8, 4) is 11.5 Å². The van der Waals surface area contributed by atoms with Crippen molar-refractivity contribution < 1.29 is 28.6 Å². The summed E-state index contributed by atoms with van der Waals surface area (Å²) < 4.78 is 15.3. The molecule has 0 bridgehead atoms. The Morgan fingerprint density at radius 1 is 1.18 bits per heavy atom. The number of esters is 1. The molecule has 0 radical (unpaired) electrons. The molecule has 0 saturated heterocycles. The summed E-state index contributed by atoms with van der Waals surface area (Å²) in [6.07, 6.45) is 2.60. The van der Waals surface area contributed by atoms with E-state index in [1.165, 1.54) is 31.6 Å². The van der Waals surface area contributed by atoms with Gasteiger partial charge in [0.15, 0.2) is 6.61 Å². The number of aryl methyl sites for hydroxylation is 1. The minimum atomic E-state index is -0.710. The zero-order valence-electron chi connectivity index (χ0n) is 15.5. The summed E-state index contributed by atoms with van der Waals surface area (Å²) in [6, 6.07) is 4.63. The van der Waals surface area contributed by atoms with Gasteiger partial charge in [-0.05, 0) is 37.0 Å². The minimum absolute atomic E-state index is 0.170. The first kappa shape index (κ1) is 19.7. The molecule has 1 aliphatic carbocycles. The van der Waals surface area contributed by atoms with Gasteiger partial charge in [0, 0.05) is 10.9 Å². The predicted molar refractivity (Wildman–Crippen MR) is 103 cm³/mol. The quantitative estimate of drug-likeness (QED) is 0.683. The number of primary amides is 1. The number of nitrogens with one attached hydrogen (secondary N) is 1. The molecule has 0 aliphatic heterocycles. The lowest BCUT2D eigenvalue weighted by atomic mass is 10.1. The predicted octanol–water partition coefficient (Wildman–Crippen LogP) is 2.15. The van der Waals surface area contributed by atoms with Crippen molar-refractivity contribution in [2.45, 2.75) is 19.3 Å². The summed E-state index contributed by atoms with van der Waals surface area (Å²) in [6.45, 7) is -0.505. The molecular weight excluding hydrogens is 384 g/mol. The topological polar surface area (TPSA) is 117 Å². The first-order chi connectivity index (χ1) is 13.4. The van der Waals surface area contributed by atoms with E-state index in [1.807, 2.05) is 0 Å². The maximum atomic E-state index is 12.3. The fraction of sp³-hybridized carbons (Fsp3) is 0.316. The van der Waals surface area contributed by atoms with Gasteiger partial charge >= 0.3 is 5.97 Å². The van der Waals surface area contributed by atoms with E-state index in [1.54, 1.807) is 12.1 Å². The number of anilines is 1. The Morgan fingerprint density at radius 2 is 1.96 bits per heavy atom. The van der Waals surface area contributed by atoms with Crippen molar-refractivity contribution in [2.75, 3.05) is 26.1 Å². The number of nitrogens with two attached hydrogens (primary N) is 1. The molecule has 9 heteroatoms. The van der Waals surface area contributed by atoms with E-state index >= 15 is 0 Å². The van der Waals surface area contributed by atoms with Gasteiger partial charge in [0.25, 0.3) is 11.8 Å². The summed E-state index contributed by atoms with van der Waals surface area (Å²) in [4.78, 5) is 37.3. The normalized spacial score (nSPS) is 12.2. The molecule has 28 heavy (non-hydrogen) atoms. The van der Waals surface area contributed by atoms with E-state index in [9.17, 15) is 14.4 Å². The monoisotopic (exact) mass is 404 g/mol. The lowest BCUT2D eigenvalue weighted by molar-refractivity contribution is -0.119. The Hall–Kier alpha value is -3.07. The zero-order valence-corrected chi connectivity index (χ0v) is 16.3. The number of amides is 2. The second-order valence-electron chi connectivity index (χ2n) is 6.12. The van der Waals surface area contributed by atoms with Crippen LogP contribution in [-0.4, -0.2) is 38.6 Å². The average Bonchev–Trinajstić information content (AvgIpc) is 3.25. The number of carbonyl (C=O) groups excluding carboxylic acids is 3. The molecular formula is C19H20N2O6S. The fourth-order valence-corrected chi connectivity index (χ4v) is 4.40. The van der Waals surface area contributed by atoms with Gasteiger partial charge in [-0.25, -0.2) is 4.79 Å². The highest BCUT2D eigenvalue weighted by atomic mass is 32.1. The van der Waals surface area contributed by atoms with Crippen LogP contribution >= 0.6 is 11.3 Å². The highest BCUT2D eigenvalue weighted by Gasteiger charge is 2.26. The Labute approximate surface area is 165 Å². The molecule has 1 aromatic carbocycles. The van der Waals surface area contributed by atoms with Crippen LogP contribution in [0.5, 0.6) is 11.5 Å². The number of thiophene rings is 1. The van der Waals surface area contributed by atoms with Crippen LogP contribution in [-0.2, 0) is 22.4 Å². The molecule has 3 rings (SSSR count). The van der Waals surface area contributed by atoms with Gasteiger partial charge in [0.2, 0.25) is 0 Å². The van der Waals surface area contributed by atoms with Gasteiger partial charge in [-0.3, -0.25) is 9.59 Å². The van der Waals surface area contributed by atoms with Crippen LogP contribution < -0.4 is 20.5 Å². The SMILES string of the molecule is COc1ccc(C(=O)OCC(=O)Nc2sc3c(c2C(N)=O)CCC3)c(OC)c1. The molecule has 3 N–H and O–H groups in total. The minimum Gasteiger partial charge on any atom is -0.497 e. The standard InChI is InChI=1S/C19H20N2O6S/c1-25-10-6-7-11(13(8-10)26-2)19(24)27-9-15(22)21-18-16(17(20)23)12-4-3-5-14(12)28-18/h6-8H,3-5,9H2,1-2H3,(H2,20,23)(H,21,22). The molecule has 148 valence electrons. The van der Waals surface area contributed by atoms with E-state index in [2.05, 4.69) is 5.32 Å². The third-order valence-electron chi connectivity index (χ3n) is 4.38. The van der Waals surface area contributed by atoms with Gasteiger partial charge < -0.3 is 25.3 Å². The number of carbonyl (C=O) groups is 3. The van der Waals surface area contributed by atoms with E-state index in [-0.39, 0.29) is 11.3 Å². The van der Waals surface area contributed by atoms with Crippen LogP contribution in [0.4, 0.5) is 5.00 Å². The maximum absolute atomic E-state index is 12.3. The number of methoxy groups -OCH3 is 2. The smallest absolute Gasteiger partial charge is 0.342 e. The Kier molecular flexibility index (Phi) is 5.84. The van der Waals surface area contributed by atoms with Crippen molar-refractivity contribution in [1.29, 1.82) is 0 Å². The lowest BCUT2D eigenvalue weighted by Crippen LogP contribution is -2.23. The Morgan fingerprint density at radius 3 is 2.64 bits per heavy atom. The van der Waals surface area contributed by atoms with E-state index in [0.717, 1.165) is 29.7 Å².